The summed E-state index contributed by atoms with van der Waals surface area (Å²) in [4.78, 5) is 4.36. The molecule has 0 atom stereocenters. The van der Waals surface area contributed by atoms with E-state index in [9.17, 15) is 0 Å². The maximum atomic E-state index is 5.54. The minimum Gasteiger partial charge on any atom is -0.333 e. The molecule has 2 rings (SSSR count). The van der Waals surface area contributed by atoms with E-state index in [1.54, 1.807) is 0 Å². The molecule has 0 aliphatic heterocycles. The summed E-state index contributed by atoms with van der Waals surface area (Å²) < 4.78 is 3.10. The number of aromatic nitrogens is 2. The second-order valence-electron chi connectivity index (χ2n) is 3.30. The molecule has 90 valence electrons. The maximum Gasteiger partial charge on any atom is 0.139 e. The first-order chi connectivity index (χ1) is 6.72. The van der Waals surface area contributed by atoms with Gasteiger partial charge in [-0.05, 0) is 41.0 Å². The third kappa shape index (κ3) is 2.88. The zero-order valence-corrected chi connectivity index (χ0v) is 12.0. The van der Waals surface area contributed by atoms with Crippen molar-refractivity contribution in [1.29, 1.82) is 0 Å². The average Bonchev–Trinajstić information content (AvgIpc) is 2.44. The van der Waals surface area contributed by atoms with Crippen LogP contribution in [0.2, 0.25) is 0 Å². The molecular weight excluding hydrogens is 313 g/mol. The van der Waals surface area contributed by atoms with E-state index in [1.807, 2.05) is 13.2 Å². The van der Waals surface area contributed by atoms with Crippen molar-refractivity contribution in [2.45, 2.75) is 6.42 Å². The quantitative estimate of drug-likeness (QED) is 0.922. The summed E-state index contributed by atoms with van der Waals surface area (Å²) in [5.74, 6) is 0. The normalized spacial score (nSPS) is 9.69. The van der Waals surface area contributed by atoms with Gasteiger partial charge in [0.05, 0.1) is 0 Å². The van der Waals surface area contributed by atoms with Crippen molar-refractivity contribution in [3.63, 3.8) is 0 Å². The number of nitrogens with two attached hydrogens (primary N) is 1. The summed E-state index contributed by atoms with van der Waals surface area (Å²) in [7, 11) is 2.02. The van der Waals surface area contributed by atoms with E-state index < -0.39 is 0 Å². The summed E-state index contributed by atoms with van der Waals surface area (Å²) >= 11 is 3.41. The van der Waals surface area contributed by atoms with Gasteiger partial charge in [0.1, 0.15) is 5.65 Å². The minimum absolute atomic E-state index is 0. The molecule has 0 aliphatic carbocycles. The lowest BCUT2D eigenvalue weighted by Crippen LogP contribution is -2.06. The third-order valence-electron chi connectivity index (χ3n) is 2.33. The number of hydrogen-bond donors (Lipinski definition) is 1. The lowest BCUT2D eigenvalue weighted by Gasteiger charge is -2.00. The molecule has 0 bridgehead atoms. The molecule has 0 amide bonds. The highest BCUT2D eigenvalue weighted by molar-refractivity contribution is 9.10. The highest BCUT2D eigenvalue weighted by Gasteiger charge is 2.05. The molecule has 0 spiro atoms. The maximum absolute atomic E-state index is 5.54. The summed E-state index contributed by atoms with van der Waals surface area (Å²) in [6.45, 7) is 0.672. The number of aryl methyl sites for hydroxylation is 1. The SMILES string of the molecule is Cl.Cl.Cn1c(CCN)cc2cc(Br)cnc21. The standard InChI is InChI=1S/C10H12BrN3.2ClH/c1-14-9(2-3-12)5-7-4-8(11)6-13-10(7)14;;/h4-6H,2-3,12H2,1H3;2*1H. The van der Waals surface area contributed by atoms with E-state index in [2.05, 4.69) is 37.6 Å². The largest absolute Gasteiger partial charge is 0.333 e. The van der Waals surface area contributed by atoms with Crippen molar-refractivity contribution >= 4 is 51.8 Å². The fourth-order valence-electron chi connectivity index (χ4n) is 1.63. The van der Waals surface area contributed by atoms with Gasteiger partial charge in [0.15, 0.2) is 0 Å². The van der Waals surface area contributed by atoms with Crippen LogP contribution in [-0.4, -0.2) is 16.1 Å². The van der Waals surface area contributed by atoms with E-state index in [1.165, 1.54) is 5.69 Å². The van der Waals surface area contributed by atoms with E-state index in [0.29, 0.717) is 6.54 Å². The van der Waals surface area contributed by atoms with Gasteiger partial charge in [-0.3, -0.25) is 0 Å². The van der Waals surface area contributed by atoms with Crippen molar-refractivity contribution in [3.8, 4) is 0 Å². The van der Waals surface area contributed by atoms with Crippen LogP contribution in [0.3, 0.4) is 0 Å². The van der Waals surface area contributed by atoms with Gasteiger partial charge in [0.25, 0.3) is 0 Å². The van der Waals surface area contributed by atoms with Crippen LogP contribution in [0.25, 0.3) is 11.0 Å². The topological polar surface area (TPSA) is 43.8 Å². The number of rotatable bonds is 2. The van der Waals surface area contributed by atoms with Crippen molar-refractivity contribution in [2.24, 2.45) is 12.8 Å². The first-order valence-corrected chi connectivity index (χ1v) is 5.31. The predicted octanol–water partition coefficient (Wildman–Crippen LogP) is 2.68. The number of hydrogen-bond acceptors (Lipinski definition) is 2. The molecule has 2 heterocycles. The number of halogens is 3. The van der Waals surface area contributed by atoms with E-state index in [0.717, 1.165) is 21.9 Å². The summed E-state index contributed by atoms with van der Waals surface area (Å²) in [5, 5.41) is 1.16. The molecule has 2 N–H and O–H groups in total. The van der Waals surface area contributed by atoms with Crippen LogP contribution in [0.1, 0.15) is 5.69 Å². The minimum atomic E-state index is 0. The van der Waals surface area contributed by atoms with Gasteiger partial charge in [0, 0.05) is 28.8 Å². The molecule has 2 aromatic heterocycles. The second kappa shape index (κ2) is 6.45. The Balaban J connectivity index is 0.00000112. The summed E-state index contributed by atoms with van der Waals surface area (Å²) in [5.41, 5.74) is 7.78. The zero-order valence-electron chi connectivity index (χ0n) is 8.81. The molecular formula is C10H14BrCl2N3. The molecule has 2 aromatic rings. The lowest BCUT2D eigenvalue weighted by molar-refractivity contribution is 0.820. The van der Waals surface area contributed by atoms with Gasteiger partial charge >= 0.3 is 0 Å². The Morgan fingerprint density at radius 2 is 2.06 bits per heavy atom. The predicted molar refractivity (Wildman–Crippen MR) is 75.7 cm³/mol. The molecule has 6 heteroatoms. The summed E-state index contributed by atoms with van der Waals surface area (Å²) in [6.07, 6.45) is 2.71. The van der Waals surface area contributed by atoms with Crippen molar-refractivity contribution < 1.29 is 0 Å². The first kappa shape index (κ1) is 15.7. The molecule has 0 saturated heterocycles. The monoisotopic (exact) mass is 325 g/mol. The van der Waals surface area contributed by atoms with E-state index in [4.69, 9.17) is 5.73 Å². The molecule has 0 aromatic carbocycles. The van der Waals surface area contributed by atoms with Gasteiger partial charge in [-0.15, -0.1) is 24.8 Å². The van der Waals surface area contributed by atoms with Crippen molar-refractivity contribution in [1.82, 2.24) is 9.55 Å². The fourth-order valence-corrected chi connectivity index (χ4v) is 1.98. The Labute approximate surface area is 115 Å². The van der Waals surface area contributed by atoms with Crippen LogP contribution < -0.4 is 5.73 Å². The molecule has 0 aliphatic rings. The van der Waals surface area contributed by atoms with Crippen LogP contribution in [0.4, 0.5) is 0 Å². The van der Waals surface area contributed by atoms with Gasteiger partial charge < -0.3 is 10.3 Å². The van der Waals surface area contributed by atoms with Gasteiger partial charge in [-0.2, -0.15) is 0 Å². The number of pyridine rings is 1. The molecule has 0 fully saturated rings. The zero-order chi connectivity index (χ0) is 10.1. The Hall–Kier alpha value is -0.290. The number of fused-ring (bicyclic) bond motifs is 1. The lowest BCUT2D eigenvalue weighted by atomic mass is 10.3. The third-order valence-corrected chi connectivity index (χ3v) is 2.77. The Morgan fingerprint density at radius 3 is 2.69 bits per heavy atom. The van der Waals surface area contributed by atoms with Crippen molar-refractivity contribution in [2.75, 3.05) is 6.54 Å². The van der Waals surface area contributed by atoms with Gasteiger partial charge in [-0.1, -0.05) is 0 Å². The molecule has 0 radical (unpaired) electrons. The van der Waals surface area contributed by atoms with E-state index >= 15 is 0 Å². The molecule has 0 unspecified atom stereocenters. The Morgan fingerprint density at radius 1 is 1.38 bits per heavy atom. The van der Waals surface area contributed by atoms with Gasteiger partial charge in [-0.25, -0.2) is 4.98 Å². The molecule has 0 saturated carbocycles. The second-order valence-corrected chi connectivity index (χ2v) is 4.22. The van der Waals surface area contributed by atoms with Crippen LogP contribution >= 0.6 is 40.7 Å². The van der Waals surface area contributed by atoms with E-state index in [-0.39, 0.29) is 24.8 Å². The number of nitrogens with zero attached hydrogens (tertiary/aromatic N) is 2. The smallest absolute Gasteiger partial charge is 0.139 e. The van der Waals surface area contributed by atoms with Crippen LogP contribution in [0.15, 0.2) is 22.8 Å². The first-order valence-electron chi connectivity index (χ1n) is 4.52. The highest BCUT2D eigenvalue weighted by Crippen LogP contribution is 2.20. The highest BCUT2D eigenvalue weighted by atomic mass is 79.9. The van der Waals surface area contributed by atoms with Crippen LogP contribution in [-0.2, 0) is 13.5 Å². The molecule has 16 heavy (non-hydrogen) atoms. The van der Waals surface area contributed by atoms with Gasteiger partial charge in [0.2, 0.25) is 0 Å². The molecule has 3 nitrogen and oxygen atoms in total. The Bertz CT molecular complexity index is 470. The fraction of sp³-hybridized carbons (Fsp3) is 0.300. The van der Waals surface area contributed by atoms with Crippen LogP contribution in [0, 0.1) is 0 Å². The average molecular weight is 327 g/mol. The van der Waals surface area contributed by atoms with Crippen molar-refractivity contribution in [3.05, 3.63) is 28.5 Å². The van der Waals surface area contributed by atoms with Crippen LogP contribution in [0.5, 0.6) is 0 Å². The Kier molecular flexibility index (Phi) is 6.33. The summed E-state index contributed by atoms with van der Waals surface area (Å²) in [6, 6.07) is 4.21.